The number of hydrogen-bond donors (Lipinski definition) is 1. The fourth-order valence-corrected chi connectivity index (χ4v) is 1.97. The molecule has 0 aliphatic carbocycles. The molecular weight excluding hydrogens is 210 g/mol. The zero-order chi connectivity index (χ0) is 11.9. The Kier molecular flexibility index (Phi) is 4.22. The van der Waals surface area contributed by atoms with E-state index < -0.39 is 0 Å². The number of rotatable bonds is 5. The SMILES string of the molecule is CNCC(Cc1cnccn1)c1ccccc1. The summed E-state index contributed by atoms with van der Waals surface area (Å²) in [6.45, 7) is 0.945. The molecular formula is C14H17N3. The van der Waals surface area contributed by atoms with Crippen LogP contribution in [0.4, 0.5) is 0 Å². The average Bonchev–Trinajstić information content (AvgIpc) is 2.40. The number of likely N-dealkylation sites (N-methyl/N-ethyl adjacent to an activating group) is 1. The lowest BCUT2D eigenvalue weighted by Crippen LogP contribution is -2.19. The first-order valence-corrected chi connectivity index (χ1v) is 5.84. The van der Waals surface area contributed by atoms with E-state index in [0.29, 0.717) is 5.92 Å². The number of nitrogens with zero attached hydrogens (tertiary/aromatic N) is 2. The van der Waals surface area contributed by atoms with Gasteiger partial charge in [0, 0.05) is 31.1 Å². The predicted octanol–water partition coefficient (Wildman–Crippen LogP) is 2.02. The van der Waals surface area contributed by atoms with Crippen molar-refractivity contribution in [1.82, 2.24) is 15.3 Å². The molecule has 88 valence electrons. The summed E-state index contributed by atoms with van der Waals surface area (Å²) in [5.74, 6) is 0.442. The molecule has 2 rings (SSSR count). The third kappa shape index (κ3) is 3.36. The largest absolute Gasteiger partial charge is 0.319 e. The van der Waals surface area contributed by atoms with E-state index in [2.05, 4.69) is 39.6 Å². The van der Waals surface area contributed by atoms with Crippen LogP contribution >= 0.6 is 0 Å². The minimum Gasteiger partial charge on any atom is -0.319 e. The summed E-state index contributed by atoms with van der Waals surface area (Å²) in [7, 11) is 1.98. The van der Waals surface area contributed by atoms with Crippen LogP contribution in [0.5, 0.6) is 0 Å². The molecule has 0 spiro atoms. The van der Waals surface area contributed by atoms with Gasteiger partial charge in [0.1, 0.15) is 0 Å². The van der Waals surface area contributed by atoms with Gasteiger partial charge in [0.2, 0.25) is 0 Å². The third-order valence-corrected chi connectivity index (χ3v) is 2.79. The van der Waals surface area contributed by atoms with Gasteiger partial charge < -0.3 is 5.32 Å². The highest BCUT2D eigenvalue weighted by atomic mass is 14.8. The van der Waals surface area contributed by atoms with Crippen molar-refractivity contribution in [1.29, 1.82) is 0 Å². The van der Waals surface area contributed by atoms with Crippen molar-refractivity contribution < 1.29 is 0 Å². The number of hydrogen-bond acceptors (Lipinski definition) is 3. The van der Waals surface area contributed by atoms with Crippen LogP contribution in [-0.2, 0) is 6.42 Å². The molecule has 1 atom stereocenters. The molecule has 0 saturated heterocycles. The summed E-state index contributed by atoms with van der Waals surface area (Å²) < 4.78 is 0. The van der Waals surface area contributed by atoms with Gasteiger partial charge in [-0.3, -0.25) is 9.97 Å². The van der Waals surface area contributed by atoms with E-state index in [1.54, 1.807) is 12.4 Å². The van der Waals surface area contributed by atoms with E-state index in [4.69, 9.17) is 0 Å². The van der Waals surface area contributed by atoms with Gasteiger partial charge in [-0.1, -0.05) is 30.3 Å². The Bertz CT molecular complexity index is 428. The predicted molar refractivity (Wildman–Crippen MR) is 68.8 cm³/mol. The van der Waals surface area contributed by atoms with Crippen LogP contribution in [0.1, 0.15) is 17.2 Å². The quantitative estimate of drug-likeness (QED) is 0.849. The maximum atomic E-state index is 4.34. The fourth-order valence-electron chi connectivity index (χ4n) is 1.97. The maximum absolute atomic E-state index is 4.34. The highest BCUT2D eigenvalue weighted by Gasteiger charge is 2.11. The molecule has 1 unspecified atom stereocenters. The molecule has 0 fully saturated rings. The van der Waals surface area contributed by atoms with Crippen LogP contribution in [0.2, 0.25) is 0 Å². The van der Waals surface area contributed by atoms with Gasteiger partial charge in [-0.25, -0.2) is 0 Å². The molecule has 0 aliphatic rings. The average molecular weight is 227 g/mol. The summed E-state index contributed by atoms with van der Waals surface area (Å²) in [6.07, 6.45) is 6.21. The number of nitrogens with one attached hydrogen (secondary N) is 1. The summed E-state index contributed by atoms with van der Waals surface area (Å²) in [5.41, 5.74) is 2.38. The molecule has 1 aromatic heterocycles. The van der Waals surface area contributed by atoms with Crippen molar-refractivity contribution in [3.8, 4) is 0 Å². The Balaban J connectivity index is 2.13. The first-order valence-electron chi connectivity index (χ1n) is 5.84. The molecule has 0 aliphatic heterocycles. The van der Waals surface area contributed by atoms with Crippen molar-refractivity contribution in [3.05, 3.63) is 60.2 Å². The molecule has 1 heterocycles. The Morgan fingerprint density at radius 3 is 2.65 bits per heavy atom. The smallest absolute Gasteiger partial charge is 0.0593 e. The van der Waals surface area contributed by atoms with E-state index in [9.17, 15) is 0 Å². The van der Waals surface area contributed by atoms with E-state index in [0.717, 1.165) is 18.7 Å². The molecule has 3 nitrogen and oxygen atoms in total. The minimum atomic E-state index is 0.442. The summed E-state index contributed by atoms with van der Waals surface area (Å²) in [5, 5.41) is 3.24. The monoisotopic (exact) mass is 227 g/mol. The zero-order valence-corrected chi connectivity index (χ0v) is 10.0. The van der Waals surface area contributed by atoms with Crippen LogP contribution in [0.3, 0.4) is 0 Å². The van der Waals surface area contributed by atoms with Gasteiger partial charge in [0.15, 0.2) is 0 Å². The van der Waals surface area contributed by atoms with E-state index in [1.165, 1.54) is 5.56 Å². The highest BCUT2D eigenvalue weighted by Crippen LogP contribution is 2.18. The molecule has 3 heteroatoms. The third-order valence-electron chi connectivity index (χ3n) is 2.79. The molecule has 1 N–H and O–H groups in total. The van der Waals surface area contributed by atoms with Crippen LogP contribution in [0.15, 0.2) is 48.9 Å². The first-order chi connectivity index (χ1) is 8.40. The second kappa shape index (κ2) is 6.11. The summed E-state index contributed by atoms with van der Waals surface area (Å²) in [6, 6.07) is 10.5. The normalized spacial score (nSPS) is 12.3. The maximum Gasteiger partial charge on any atom is 0.0593 e. The molecule has 0 radical (unpaired) electrons. The van der Waals surface area contributed by atoms with E-state index in [1.807, 2.05) is 19.3 Å². The molecule has 0 bridgehead atoms. The standard InChI is InChI=1S/C14H17N3/c1-15-10-13(12-5-3-2-4-6-12)9-14-11-16-7-8-17-14/h2-8,11,13,15H,9-10H2,1H3. The topological polar surface area (TPSA) is 37.8 Å². The van der Waals surface area contributed by atoms with Gasteiger partial charge in [-0.15, -0.1) is 0 Å². The lowest BCUT2D eigenvalue weighted by molar-refractivity contribution is 0.617. The Morgan fingerprint density at radius 2 is 2.00 bits per heavy atom. The summed E-state index contributed by atoms with van der Waals surface area (Å²) in [4.78, 5) is 8.44. The van der Waals surface area contributed by atoms with Crippen molar-refractivity contribution in [2.24, 2.45) is 0 Å². The molecule has 0 saturated carbocycles. The minimum absolute atomic E-state index is 0.442. The van der Waals surface area contributed by atoms with Crippen LogP contribution < -0.4 is 5.32 Å². The van der Waals surface area contributed by atoms with E-state index in [-0.39, 0.29) is 0 Å². The first kappa shape index (κ1) is 11.7. The molecule has 1 aromatic carbocycles. The van der Waals surface area contributed by atoms with Crippen LogP contribution in [-0.4, -0.2) is 23.6 Å². The van der Waals surface area contributed by atoms with Crippen LogP contribution in [0, 0.1) is 0 Å². The van der Waals surface area contributed by atoms with E-state index >= 15 is 0 Å². The number of benzene rings is 1. The van der Waals surface area contributed by atoms with Crippen molar-refractivity contribution in [2.45, 2.75) is 12.3 Å². The summed E-state index contributed by atoms with van der Waals surface area (Å²) >= 11 is 0. The Hall–Kier alpha value is -1.74. The second-order valence-electron chi connectivity index (χ2n) is 4.07. The molecule has 2 aromatic rings. The Morgan fingerprint density at radius 1 is 1.18 bits per heavy atom. The van der Waals surface area contributed by atoms with Gasteiger partial charge in [-0.05, 0) is 19.0 Å². The lowest BCUT2D eigenvalue weighted by Gasteiger charge is -2.16. The molecule has 17 heavy (non-hydrogen) atoms. The zero-order valence-electron chi connectivity index (χ0n) is 10.0. The van der Waals surface area contributed by atoms with Gasteiger partial charge in [-0.2, -0.15) is 0 Å². The fraction of sp³-hybridized carbons (Fsp3) is 0.286. The van der Waals surface area contributed by atoms with Gasteiger partial charge in [0.25, 0.3) is 0 Å². The number of aromatic nitrogens is 2. The molecule has 0 amide bonds. The van der Waals surface area contributed by atoms with Crippen molar-refractivity contribution in [2.75, 3.05) is 13.6 Å². The highest BCUT2D eigenvalue weighted by molar-refractivity contribution is 5.21. The second-order valence-corrected chi connectivity index (χ2v) is 4.07. The van der Waals surface area contributed by atoms with Gasteiger partial charge in [0.05, 0.1) is 5.69 Å². The van der Waals surface area contributed by atoms with Gasteiger partial charge >= 0.3 is 0 Å². The Labute approximate surface area is 102 Å². The van der Waals surface area contributed by atoms with Crippen molar-refractivity contribution in [3.63, 3.8) is 0 Å². The van der Waals surface area contributed by atoms with Crippen LogP contribution in [0.25, 0.3) is 0 Å². The lowest BCUT2D eigenvalue weighted by atomic mass is 9.94. The van der Waals surface area contributed by atoms with Crippen molar-refractivity contribution >= 4 is 0 Å².